The van der Waals surface area contributed by atoms with Crippen LogP contribution in [-0.4, -0.2) is 76.3 Å². The molecule has 1 aromatic heterocycles. The maximum Gasteiger partial charge on any atom is 0.328 e. The lowest BCUT2D eigenvalue weighted by Crippen LogP contribution is -2.40. The number of nitrogens with zero attached hydrogens (tertiary/aromatic N) is 4. The number of carbonyl (C=O) groups is 1. The van der Waals surface area contributed by atoms with Crippen LogP contribution in [0.25, 0.3) is 0 Å². The first kappa shape index (κ1) is 24.5. The van der Waals surface area contributed by atoms with Gasteiger partial charge in [-0.25, -0.2) is 17.9 Å². The SMILES string of the molecule is CS(=O)(=O)NC(=O)NCCOc1nc(NN=Cc2ccc(Cl)cc2)cc(N2CCOCC2)n1. The van der Waals surface area contributed by atoms with Gasteiger partial charge in [0.25, 0.3) is 0 Å². The summed E-state index contributed by atoms with van der Waals surface area (Å²) < 4.78 is 34.9. The number of urea groups is 1. The molecule has 1 aliphatic heterocycles. The van der Waals surface area contributed by atoms with E-state index in [1.807, 2.05) is 17.0 Å². The zero-order chi connectivity index (χ0) is 23.7. The van der Waals surface area contributed by atoms with E-state index < -0.39 is 16.1 Å². The Morgan fingerprint density at radius 2 is 2.00 bits per heavy atom. The zero-order valence-electron chi connectivity index (χ0n) is 17.8. The number of amides is 2. The summed E-state index contributed by atoms with van der Waals surface area (Å²) in [6, 6.07) is 8.16. The van der Waals surface area contributed by atoms with Crippen molar-refractivity contribution < 1.29 is 22.7 Å². The highest BCUT2D eigenvalue weighted by atomic mass is 35.5. The number of ether oxygens (including phenoxy) is 2. The number of anilines is 2. The Balaban J connectivity index is 1.64. The summed E-state index contributed by atoms with van der Waals surface area (Å²) in [7, 11) is -3.64. The molecule has 2 heterocycles. The quantitative estimate of drug-likeness (QED) is 0.262. The molecule has 2 aromatic rings. The second-order valence-electron chi connectivity index (χ2n) is 6.89. The number of carbonyl (C=O) groups excluding carboxylic acids is 1. The molecule has 0 aliphatic carbocycles. The average Bonchev–Trinajstić information content (AvgIpc) is 2.77. The largest absolute Gasteiger partial charge is 0.461 e. The van der Waals surface area contributed by atoms with E-state index in [4.69, 9.17) is 21.1 Å². The van der Waals surface area contributed by atoms with Gasteiger partial charge in [0.2, 0.25) is 10.0 Å². The van der Waals surface area contributed by atoms with Crippen LogP contribution in [0.3, 0.4) is 0 Å². The molecule has 0 saturated carbocycles. The third-order valence-electron chi connectivity index (χ3n) is 4.19. The van der Waals surface area contributed by atoms with Crippen molar-refractivity contribution in [2.24, 2.45) is 5.10 Å². The van der Waals surface area contributed by atoms with E-state index in [2.05, 4.69) is 25.8 Å². The van der Waals surface area contributed by atoms with Crippen LogP contribution in [0.4, 0.5) is 16.4 Å². The van der Waals surface area contributed by atoms with Crippen molar-refractivity contribution in [3.8, 4) is 6.01 Å². The molecule has 0 atom stereocenters. The summed E-state index contributed by atoms with van der Waals surface area (Å²) >= 11 is 5.89. The number of aromatic nitrogens is 2. The predicted octanol–water partition coefficient (Wildman–Crippen LogP) is 1.05. The summed E-state index contributed by atoms with van der Waals surface area (Å²) in [5.74, 6) is 1.05. The molecule has 3 N–H and O–H groups in total. The number of benzene rings is 1. The van der Waals surface area contributed by atoms with Crippen molar-refractivity contribution in [3.05, 3.63) is 40.9 Å². The first-order valence-electron chi connectivity index (χ1n) is 9.93. The molecule has 0 bridgehead atoms. The van der Waals surface area contributed by atoms with E-state index in [-0.39, 0.29) is 19.2 Å². The van der Waals surface area contributed by atoms with Crippen LogP contribution in [0, 0.1) is 0 Å². The van der Waals surface area contributed by atoms with Crippen molar-refractivity contribution in [3.63, 3.8) is 0 Å². The fourth-order valence-electron chi connectivity index (χ4n) is 2.72. The maximum absolute atomic E-state index is 11.5. The molecule has 1 aromatic carbocycles. The Hall–Kier alpha value is -3.16. The van der Waals surface area contributed by atoms with Crippen LogP contribution < -0.4 is 25.1 Å². The van der Waals surface area contributed by atoms with Crippen LogP contribution in [0.2, 0.25) is 5.02 Å². The Kier molecular flexibility index (Phi) is 8.63. The van der Waals surface area contributed by atoms with Crippen molar-refractivity contribution in [1.29, 1.82) is 0 Å². The minimum atomic E-state index is -3.64. The highest BCUT2D eigenvalue weighted by molar-refractivity contribution is 7.89. The van der Waals surface area contributed by atoms with Crippen molar-refractivity contribution >= 4 is 45.5 Å². The molecule has 178 valence electrons. The lowest BCUT2D eigenvalue weighted by Gasteiger charge is -2.28. The Morgan fingerprint density at radius 3 is 2.70 bits per heavy atom. The monoisotopic (exact) mass is 497 g/mol. The number of nitrogens with one attached hydrogen (secondary N) is 3. The standard InChI is InChI=1S/C19H24ClN7O5S/c1-33(29,30)26-18(28)21-6-9-32-19-23-16(12-17(24-19)27-7-10-31-11-8-27)25-22-13-14-2-4-15(20)5-3-14/h2-5,12-13H,6-11H2,1H3,(H2,21,26,28)(H,23,24,25). The van der Waals surface area contributed by atoms with E-state index in [1.165, 1.54) is 0 Å². The zero-order valence-corrected chi connectivity index (χ0v) is 19.4. The number of hydrogen-bond donors (Lipinski definition) is 3. The fraction of sp³-hybridized carbons (Fsp3) is 0.368. The minimum absolute atomic E-state index is 0.0250. The molecule has 0 spiro atoms. The summed E-state index contributed by atoms with van der Waals surface area (Å²) in [6.45, 7) is 2.56. The van der Waals surface area contributed by atoms with Crippen molar-refractivity contribution in [2.45, 2.75) is 0 Å². The number of sulfonamides is 1. The van der Waals surface area contributed by atoms with Gasteiger partial charge in [0.1, 0.15) is 12.4 Å². The molecule has 1 saturated heterocycles. The second-order valence-corrected chi connectivity index (χ2v) is 9.08. The summed E-state index contributed by atoms with van der Waals surface area (Å²) in [6.07, 6.45) is 2.51. The lowest BCUT2D eigenvalue weighted by atomic mass is 10.2. The number of halogens is 1. The van der Waals surface area contributed by atoms with Gasteiger partial charge in [0.15, 0.2) is 5.82 Å². The molecule has 14 heteroatoms. The van der Waals surface area contributed by atoms with Crippen molar-refractivity contribution in [2.75, 3.05) is 56.0 Å². The third-order valence-corrected chi connectivity index (χ3v) is 4.99. The third kappa shape index (κ3) is 8.71. The van der Waals surface area contributed by atoms with Gasteiger partial charge < -0.3 is 19.7 Å². The van der Waals surface area contributed by atoms with Crippen LogP contribution in [0.1, 0.15) is 5.56 Å². The maximum atomic E-state index is 11.5. The molecule has 12 nitrogen and oxygen atoms in total. The number of hydrazone groups is 1. The van der Waals surface area contributed by atoms with Crippen LogP contribution in [0.15, 0.2) is 35.4 Å². The van der Waals surface area contributed by atoms with Gasteiger partial charge in [0, 0.05) is 24.2 Å². The summed E-state index contributed by atoms with van der Waals surface area (Å²) in [5, 5.41) is 7.20. The normalized spacial score (nSPS) is 14.2. The van der Waals surface area contributed by atoms with Gasteiger partial charge in [0.05, 0.1) is 32.2 Å². The molecule has 0 radical (unpaired) electrons. The Morgan fingerprint density at radius 1 is 1.27 bits per heavy atom. The van der Waals surface area contributed by atoms with E-state index in [0.717, 1.165) is 11.8 Å². The predicted molar refractivity (Wildman–Crippen MR) is 125 cm³/mol. The molecule has 1 fully saturated rings. The Labute approximate surface area is 196 Å². The molecule has 33 heavy (non-hydrogen) atoms. The van der Waals surface area contributed by atoms with Crippen LogP contribution in [-0.2, 0) is 14.8 Å². The minimum Gasteiger partial charge on any atom is -0.461 e. The topological polar surface area (TPSA) is 147 Å². The summed E-state index contributed by atoms with van der Waals surface area (Å²) in [5.41, 5.74) is 3.71. The smallest absolute Gasteiger partial charge is 0.328 e. The van der Waals surface area contributed by atoms with Crippen LogP contribution >= 0.6 is 11.6 Å². The van der Waals surface area contributed by atoms with Crippen molar-refractivity contribution in [1.82, 2.24) is 20.0 Å². The summed E-state index contributed by atoms with van der Waals surface area (Å²) in [4.78, 5) is 22.2. The van der Waals surface area contributed by atoms with Gasteiger partial charge in [-0.2, -0.15) is 15.1 Å². The molecule has 2 amide bonds. The lowest BCUT2D eigenvalue weighted by molar-refractivity contribution is 0.122. The number of hydrogen-bond acceptors (Lipinski definition) is 10. The highest BCUT2D eigenvalue weighted by Crippen LogP contribution is 2.20. The van der Waals surface area contributed by atoms with Gasteiger partial charge in [-0.05, 0) is 17.7 Å². The average molecular weight is 498 g/mol. The van der Waals surface area contributed by atoms with E-state index in [1.54, 1.807) is 29.1 Å². The van der Waals surface area contributed by atoms with E-state index in [0.29, 0.717) is 43.0 Å². The highest BCUT2D eigenvalue weighted by Gasteiger charge is 2.16. The fourth-order valence-corrected chi connectivity index (χ4v) is 3.26. The van der Waals surface area contributed by atoms with E-state index in [9.17, 15) is 13.2 Å². The number of rotatable bonds is 9. The molecular weight excluding hydrogens is 474 g/mol. The van der Waals surface area contributed by atoms with Gasteiger partial charge in [-0.15, -0.1) is 0 Å². The molecular formula is C19H24ClN7O5S. The molecule has 3 rings (SSSR count). The molecule has 0 unspecified atom stereocenters. The first-order chi connectivity index (χ1) is 15.8. The van der Waals surface area contributed by atoms with Crippen LogP contribution in [0.5, 0.6) is 6.01 Å². The Bertz CT molecular complexity index is 1080. The van der Waals surface area contributed by atoms with Gasteiger partial charge >= 0.3 is 12.0 Å². The number of morpholine rings is 1. The second kappa shape index (κ2) is 11.6. The van der Waals surface area contributed by atoms with Gasteiger partial charge in [-0.1, -0.05) is 23.7 Å². The molecule has 1 aliphatic rings. The first-order valence-corrected chi connectivity index (χ1v) is 12.2. The van der Waals surface area contributed by atoms with E-state index >= 15 is 0 Å². The van der Waals surface area contributed by atoms with Gasteiger partial charge in [-0.3, -0.25) is 5.43 Å².